The normalized spacial score (nSPS) is 20.1. The monoisotopic (exact) mass is 340 g/mol. The van der Waals surface area contributed by atoms with Gasteiger partial charge in [0.15, 0.2) is 0 Å². The molecule has 2 nitrogen and oxygen atoms in total. The number of aromatic hydroxyl groups is 2. The summed E-state index contributed by atoms with van der Waals surface area (Å²) in [4.78, 5) is 0. The van der Waals surface area contributed by atoms with E-state index in [2.05, 4.69) is 26.0 Å². The van der Waals surface area contributed by atoms with Gasteiger partial charge in [-0.2, -0.15) is 0 Å². The zero-order valence-electron chi connectivity index (χ0n) is 14.8. The van der Waals surface area contributed by atoms with Crippen molar-refractivity contribution in [2.45, 2.75) is 25.7 Å². The predicted molar refractivity (Wildman–Crippen MR) is 104 cm³/mol. The summed E-state index contributed by atoms with van der Waals surface area (Å²) in [5, 5.41) is 22.0. The fraction of sp³-hybridized carbons (Fsp3) is 0.167. The molecular weight excluding hydrogens is 320 g/mol. The number of hydrogen-bond acceptors (Lipinski definition) is 2. The maximum absolute atomic E-state index is 9.64. The quantitative estimate of drug-likeness (QED) is 0.746. The van der Waals surface area contributed by atoms with Gasteiger partial charge in [-0.15, -0.1) is 0 Å². The zero-order valence-corrected chi connectivity index (χ0v) is 14.8. The highest BCUT2D eigenvalue weighted by Gasteiger charge is 2.36. The van der Waals surface area contributed by atoms with E-state index in [0.717, 1.165) is 0 Å². The van der Waals surface area contributed by atoms with Crippen LogP contribution in [0.1, 0.15) is 47.9 Å². The second kappa shape index (κ2) is 5.25. The number of fused-ring (bicyclic) bond motifs is 2. The molecule has 3 aliphatic carbocycles. The van der Waals surface area contributed by atoms with E-state index in [0.29, 0.717) is 17.4 Å². The lowest BCUT2D eigenvalue weighted by Gasteiger charge is -2.38. The first-order valence-corrected chi connectivity index (χ1v) is 8.98. The van der Waals surface area contributed by atoms with Gasteiger partial charge in [0.1, 0.15) is 11.5 Å². The number of phenolic OH excluding ortho intramolecular Hbond substituents is 2. The Morgan fingerprint density at radius 2 is 1.15 bits per heavy atom. The molecule has 3 aromatic rings. The Morgan fingerprint density at radius 3 is 1.73 bits per heavy atom. The fourth-order valence-corrected chi connectivity index (χ4v) is 4.80. The van der Waals surface area contributed by atoms with Crippen molar-refractivity contribution < 1.29 is 10.2 Å². The summed E-state index contributed by atoms with van der Waals surface area (Å²) in [6.07, 6.45) is 0. The summed E-state index contributed by atoms with van der Waals surface area (Å²) >= 11 is 0. The summed E-state index contributed by atoms with van der Waals surface area (Å²) in [7, 11) is 0. The lowest BCUT2D eigenvalue weighted by Crippen LogP contribution is -2.47. The minimum atomic E-state index is 0.252. The molecule has 0 fully saturated rings. The van der Waals surface area contributed by atoms with Crippen molar-refractivity contribution in [3.63, 3.8) is 0 Å². The number of benzene rings is 3. The lowest BCUT2D eigenvalue weighted by molar-refractivity contribution is 0.474. The summed E-state index contributed by atoms with van der Waals surface area (Å²) in [6.45, 7) is 4.45. The predicted octanol–water partition coefficient (Wildman–Crippen LogP) is 3.73. The Kier molecular flexibility index (Phi) is 3.08. The van der Waals surface area contributed by atoms with E-state index in [4.69, 9.17) is 0 Å². The Balaban J connectivity index is 1.72. The molecule has 0 amide bonds. The van der Waals surface area contributed by atoms with Crippen molar-refractivity contribution in [2.24, 2.45) is 0 Å². The molecule has 6 rings (SSSR count). The third kappa shape index (κ3) is 1.93. The van der Waals surface area contributed by atoms with Gasteiger partial charge in [0.05, 0.1) is 0 Å². The van der Waals surface area contributed by atoms with Crippen LogP contribution < -0.4 is 10.4 Å². The molecule has 26 heavy (non-hydrogen) atoms. The molecule has 0 spiro atoms. The summed E-state index contributed by atoms with van der Waals surface area (Å²) in [5.41, 5.74) is 8.03. The van der Waals surface area contributed by atoms with Crippen molar-refractivity contribution in [3.05, 3.63) is 93.4 Å². The molecule has 2 heteroatoms. The Hall–Kier alpha value is -3.00. The average molecular weight is 340 g/mol. The Bertz CT molecular complexity index is 1150. The van der Waals surface area contributed by atoms with E-state index in [1.54, 1.807) is 24.3 Å². The molecule has 3 aliphatic rings. The van der Waals surface area contributed by atoms with Gasteiger partial charge in [-0.3, -0.25) is 0 Å². The molecule has 3 aromatic carbocycles. The van der Waals surface area contributed by atoms with Crippen molar-refractivity contribution in [3.8, 4) is 11.5 Å². The van der Waals surface area contributed by atoms with Crippen LogP contribution in [0.5, 0.6) is 11.5 Å². The van der Waals surface area contributed by atoms with Crippen molar-refractivity contribution in [2.75, 3.05) is 0 Å². The van der Waals surface area contributed by atoms with E-state index in [1.807, 2.05) is 24.3 Å². The van der Waals surface area contributed by atoms with Gasteiger partial charge in [-0.1, -0.05) is 47.5 Å². The van der Waals surface area contributed by atoms with Crippen LogP contribution in [0.25, 0.3) is 11.1 Å². The van der Waals surface area contributed by atoms with Crippen LogP contribution in [0.15, 0.2) is 60.7 Å². The van der Waals surface area contributed by atoms with Gasteiger partial charge < -0.3 is 10.2 Å². The average Bonchev–Trinajstić information content (AvgIpc) is 2.64. The minimum Gasteiger partial charge on any atom is -0.508 e. The van der Waals surface area contributed by atoms with Crippen LogP contribution in [0.4, 0.5) is 0 Å². The van der Waals surface area contributed by atoms with E-state index >= 15 is 0 Å². The second-order valence-electron chi connectivity index (χ2n) is 7.41. The largest absolute Gasteiger partial charge is 0.508 e. The third-order valence-electron chi connectivity index (χ3n) is 6.02. The van der Waals surface area contributed by atoms with Crippen LogP contribution in [0, 0.1) is 0 Å². The standard InChI is InChI=1S/C24H20O2/c1-13-19-11-12-20(21(13)15-3-7-17(25)8-4-15)24-22(14(2)23(19)24)16-5-9-18(26)10-6-16/h3-12,21-22,25-26H,1-2H3. The van der Waals surface area contributed by atoms with Gasteiger partial charge in [-0.05, 0) is 70.8 Å². The van der Waals surface area contributed by atoms with Gasteiger partial charge >= 0.3 is 0 Å². The molecule has 0 aromatic heterocycles. The van der Waals surface area contributed by atoms with Gasteiger partial charge in [0.25, 0.3) is 0 Å². The molecule has 2 bridgehead atoms. The van der Waals surface area contributed by atoms with Crippen molar-refractivity contribution >= 4 is 11.1 Å². The highest BCUT2D eigenvalue weighted by atomic mass is 16.3. The molecule has 0 saturated carbocycles. The summed E-state index contributed by atoms with van der Waals surface area (Å²) in [6, 6.07) is 19.7. The lowest BCUT2D eigenvalue weighted by atomic mass is 9.65. The number of rotatable bonds is 2. The Morgan fingerprint density at radius 1 is 0.615 bits per heavy atom. The molecule has 128 valence electrons. The first kappa shape index (κ1) is 15.3. The van der Waals surface area contributed by atoms with E-state index in [1.165, 1.54) is 43.8 Å². The molecular formula is C24H20O2. The van der Waals surface area contributed by atoms with E-state index < -0.39 is 0 Å². The highest BCUT2D eigenvalue weighted by Crippen LogP contribution is 2.45. The summed E-state index contributed by atoms with van der Waals surface area (Å²) in [5.74, 6) is 1.16. The smallest absolute Gasteiger partial charge is 0.115 e. The van der Waals surface area contributed by atoms with Crippen LogP contribution >= 0.6 is 0 Å². The number of hydrogen-bond donors (Lipinski definition) is 2. The molecule has 2 atom stereocenters. The molecule has 2 N–H and O–H groups in total. The molecule has 2 unspecified atom stereocenters. The van der Waals surface area contributed by atoms with Crippen molar-refractivity contribution in [1.29, 1.82) is 0 Å². The topological polar surface area (TPSA) is 40.5 Å². The molecule has 0 radical (unpaired) electrons. The zero-order chi connectivity index (χ0) is 18.0. The Labute approximate surface area is 152 Å². The van der Waals surface area contributed by atoms with Gasteiger partial charge in [-0.25, -0.2) is 0 Å². The summed E-state index contributed by atoms with van der Waals surface area (Å²) < 4.78 is 0. The van der Waals surface area contributed by atoms with Gasteiger partial charge in [0.2, 0.25) is 0 Å². The maximum Gasteiger partial charge on any atom is 0.115 e. The van der Waals surface area contributed by atoms with Gasteiger partial charge in [0, 0.05) is 11.8 Å². The molecule has 0 aliphatic heterocycles. The SMILES string of the molecule is CC1=c2ccc(c3c2=C(C)C3c2ccc(O)cc2)C1c1ccc(O)cc1. The maximum atomic E-state index is 9.64. The molecule has 0 heterocycles. The van der Waals surface area contributed by atoms with Crippen molar-refractivity contribution in [1.82, 2.24) is 0 Å². The van der Waals surface area contributed by atoms with E-state index in [9.17, 15) is 10.2 Å². The van der Waals surface area contributed by atoms with Crippen LogP contribution in [0.3, 0.4) is 0 Å². The number of phenols is 2. The first-order valence-electron chi connectivity index (χ1n) is 8.98. The van der Waals surface area contributed by atoms with Crippen LogP contribution in [-0.4, -0.2) is 10.2 Å². The van der Waals surface area contributed by atoms with Crippen LogP contribution in [0.2, 0.25) is 0 Å². The van der Waals surface area contributed by atoms with E-state index in [-0.39, 0.29) is 5.92 Å². The minimum absolute atomic E-state index is 0.252. The third-order valence-corrected chi connectivity index (χ3v) is 6.02. The fourth-order valence-electron chi connectivity index (χ4n) is 4.80. The molecule has 0 saturated heterocycles. The van der Waals surface area contributed by atoms with Crippen LogP contribution in [-0.2, 0) is 0 Å². The second-order valence-corrected chi connectivity index (χ2v) is 7.41. The first-order chi connectivity index (χ1) is 12.6. The highest BCUT2D eigenvalue weighted by molar-refractivity contribution is 5.78.